The van der Waals surface area contributed by atoms with Crippen LogP contribution in [-0.4, -0.2) is 59.8 Å². The van der Waals surface area contributed by atoms with E-state index in [2.05, 4.69) is 20.6 Å². The number of carboxylic acids is 1. The summed E-state index contributed by atoms with van der Waals surface area (Å²) in [4.78, 5) is 32.6. The van der Waals surface area contributed by atoms with Gasteiger partial charge in [0, 0.05) is 37.6 Å². The summed E-state index contributed by atoms with van der Waals surface area (Å²) in [5.41, 5.74) is 1.40. The molecule has 1 aromatic heterocycles. The molecule has 0 bridgehead atoms. The molecule has 3 aromatic rings. The van der Waals surface area contributed by atoms with Crippen molar-refractivity contribution in [1.82, 2.24) is 15.3 Å². The molecule has 2 atom stereocenters. The first-order chi connectivity index (χ1) is 17.4. The summed E-state index contributed by atoms with van der Waals surface area (Å²) >= 11 is 0. The summed E-state index contributed by atoms with van der Waals surface area (Å²) in [5, 5.41) is 14.6. The fourth-order valence-corrected chi connectivity index (χ4v) is 3.98. The predicted molar refractivity (Wildman–Crippen MR) is 131 cm³/mol. The van der Waals surface area contributed by atoms with Gasteiger partial charge < -0.3 is 20.6 Å². The van der Waals surface area contributed by atoms with Crippen LogP contribution in [-0.2, 0) is 4.79 Å². The largest absolute Gasteiger partial charge is 0.490 e. The number of nitrogens with one attached hydrogen (secondary N) is 2. The van der Waals surface area contributed by atoms with Gasteiger partial charge in [-0.15, -0.1) is 0 Å². The second kappa shape index (κ2) is 11.8. The van der Waals surface area contributed by atoms with E-state index in [4.69, 9.17) is 9.90 Å². The lowest BCUT2D eigenvalue weighted by atomic mass is 10.1. The lowest BCUT2D eigenvalue weighted by Gasteiger charge is -2.17. The van der Waals surface area contributed by atoms with Crippen LogP contribution in [0.2, 0.25) is 0 Å². The third-order valence-electron chi connectivity index (χ3n) is 5.78. The summed E-state index contributed by atoms with van der Waals surface area (Å²) < 4.78 is 44.8. The first-order valence-electron chi connectivity index (χ1n) is 11.5. The number of para-hydroxylation sites is 1. The van der Waals surface area contributed by atoms with Crippen molar-refractivity contribution in [3.8, 4) is 0 Å². The Kier molecular flexibility index (Phi) is 8.85. The topological polar surface area (TPSA) is 107 Å². The maximum atomic E-state index is 13.0. The van der Waals surface area contributed by atoms with Gasteiger partial charge in [0.2, 0.25) is 5.95 Å². The molecule has 2 aromatic carbocycles. The van der Waals surface area contributed by atoms with Gasteiger partial charge in [-0.05, 0) is 61.6 Å². The highest BCUT2D eigenvalue weighted by molar-refractivity contribution is 5.94. The monoisotopic (exact) mass is 521 g/mol. The van der Waals surface area contributed by atoms with Gasteiger partial charge in [-0.1, -0.05) is 12.1 Å². The Bertz CT molecular complexity index is 1240. The first kappa shape index (κ1) is 27.6. The molecule has 1 fully saturated rings. The van der Waals surface area contributed by atoms with Gasteiger partial charge in [0.15, 0.2) is 0 Å². The Morgan fingerprint density at radius 3 is 2.32 bits per heavy atom. The molecular weight excluding hydrogens is 494 g/mol. The molecule has 8 nitrogen and oxygen atoms in total. The Morgan fingerprint density at radius 1 is 1.05 bits per heavy atom. The highest BCUT2D eigenvalue weighted by Crippen LogP contribution is 2.27. The highest BCUT2D eigenvalue weighted by Gasteiger charge is 2.38. The van der Waals surface area contributed by atoms with Crippen molar-refractivity contribution in [3.63, 3.8) is 0 Å². The van der Waals surface area contributed by atoms with Crippen LogP contribution in [0.3, 0.4) is 0 Å². The standard InChI is InChI=1S/C23H26FN5O.C2HF3O2/c1-29(2)21-19-5-3-4-6-20(19)27-23(28-21)25-14-15-7-12-18(13-15)26-22(30)16-8-10-17(24)11-9-16;3-2(4,5)1(6)7/h3-6,8-11,15,18H,7,12-14H2,1-2H3,(H,26,30)(H,25,27,28);(H,6,7)/t15-,18+;/m1./s1. The average molecular weight is 522 g/mol. The number of aliphatic carboxylic acids is 1. The molecule has 1 aliphatic carbocycles. The molecular formula is C25H27F4N5O3. The Balaban J connectivity index is 0.000000479. The van der Waals surface area contributed by atoms with Gasteiger partial charge in [-0.2, -0.15) is 18.2 Å². The average Bonchev–Trinajstić information content (AvgIpc) is 3.29. The van der Waals surface area contributed by atoms with Crippen LogP contribution in [0.4, 0.5) is 29.3 Å². The van der Waals surface area contributed by atoms with E-state index in [0.29, 0.717) is 17.4 Å². The van der Waals surface area contributed by atoms with Crippen molar-refractivity contribution >= 4 is 34.5 Å². The smallest absolute Gasteiger partial charge is 0.475 e. The third-order valence-corrected chi connectivity index (χ3v) is 5.78. The summed E-state index contributed by atoms with van der Waals surface area (Å²) in [6, 6.07) is 13.8. The number of alkyl halides is 3. The lowest BCUT2D eigenvalue weighted by Crippen LogP contribution is -2.33. The lowest BCUT2D eigenvalue weighted by molar-refractivity contribution is -0.192. The molecule has 0 radical (unpaired) electrons. The SMILES string of the molecule is CN(C)c1nc(NC[C@@H]2CC[C@H](NC(=O)c3ccc(F)cc3)C2)nc2ccccc12.O=C(O)C(F)(F)F. The molecule has 0 aliphatic heterocycles. The second-order valence-electron chi connectivity index (χ2n) is 8.82. The van der Waals surface area contributed by atoms with Gasteiger partial charge >= 0.3 is 12.1 Å². The number of carbonyl (C=O) groups is 2. The van der Waals surface area contributed by atoms with Crippen molar-refractivity contribution in [3.05, 3.63) is 59.9 Å². The maximum absolute atomic E-state index is 13.0. The maximum Gasteiger partial charge on any atom is 0.490 e. The fraction of sp³-hybridized carbons (Fsp3) is 0.360. The molecule has 3 N–H and O–H groups in total. The number of fused-ring (bicyclic) bond motifs is 1. The Labute approximate surface area is 210 Å². The predicted octanol–water partition coefficient (Wildman–Crippen LogP) is 4.48. The van der Waals surface area contributed by atoms with Crippen molar-refractivity contribution in [2.24, 2.45) is 5.92 Å². The molecule has 1 aliphatic rings. The van der Waals surface area contributed by atoms with Gasteiger partial charge in [0.05, 0.1) is 5.52 Å². The second-order valence-corrected chi connectivity index (χ2v) is 8.82. The summed E-state index contributed by atoms with van der Waals surface area (Å²) in [6.07, 6.45) is -2.23. The Morgan fingerprint density at radius 2 is 1.70 bits per heavy atom. The number of aromatic nitrogens is 2. The van der Waals surface area contributed by atoms with E-state index in [-0.39, 0.29) is 17.8 Å². The molecule has 1 saturated carbocycles. The van der Waals surface area contributed by atoms with Crippen molar-refractivity contribution in [1.29, 1.82) is 0 Å². The van der Waals surface area contributed by atoms with E-state index in [9.17, 15) is 22.4 Å². The van der Waals surface area contributed by atoms with Crippen LogP contribution >= 0.6 is 0 Å². The van der Waals surface area contributed by atoms with Crippen molar-refractivity contribution < 1.29 is 32.3 Å². The minimum Gasteiger partial charge on any atom is -0.475 e. The van der Waals surface area contributed by atoms with E-state index >= 15 is 0 Å². The van der Waals surface area contributed by atoms with Crippen LogP contribution in [0, 0.1) is 11.7 Å². The number of hydrogen-bond donors (Lipinski definition) is 3. The van der Waals surface area contributed by atoms with Crippen molar-refractivity contribution in [2.45, 2.75) is 31.5 Å². The third kappa shape index (κ3) is 7.76. The van der Waals surface area contributed by atoms with Crippen molar-refractivity contribution in [2.75, 3.05) is 30.9 Å². The summed E-state index contributed by atoms with van der Waals surface area (Å²) in [6.45, 7) is 0.758. The fourth-order valence-electron chi connectivity index (χ4n) is 3.98. The minimum absolute atomic E-state index is 0.129. The normalized spacial score (nSPS) is 17.0. The van der Waals surface area contributed by atoms with Crippen LogP contribution in [0.25, 0.3) is 10.9 Å². The molecule has 37 heavy (non-hydrogen) atoms. The number of rotatable bonds is 6. The molecule has 1 amide bonds. The number of nitrogens with zero attached hydrogens (tertiary/aromatic N) is 3. The van der Waals surface area contributed by atoms with Gasteiger partial charge in [0.1, 0.15) is 11.6 Å². The molecule has 1 heterocycles. The number of halogens is 4. The molecule has 0 unspecified atom stereocenters. The Hall–Kier alpha value is -3.96. The van der Waals surface area contributed by atoms with Gasteiger partial charge in [-0.25, -0.2) is 14.2 Å². The van der Waals surface area contributed by atoms with Crippen LogP contribution in [0.1, 0.15) is 29.6 Å². The van der Waals surface area contributed by atoms with Crippen LogP contribution in [0.5, 0.6) is 0 Å². The molecule has 4 rings (SSSR count). The van der Waals surface area contributed by atoms with Crippen LogP contribution < -0.4 is 15.5 Å². The molecule has 12 heteroatoms. The quantitative estimate of drug-likeness (QED) is 0.411. The van der Waals surface area contributed by atoms with E-state index in [0.717, 1.165) is 42.5 Å². The van der Waals surface area contributed by atoms with Gasteiger partial charge in [-0.3, -0.25) is 4.79 Å². The van der Waals surface area contributed by atoms with Crippen LogP contribution in [0.15, 0.2) is 48.5 Å². The summed E-state index contributed by atoms with van der Waals surface area (Å²) in [7, 11) is 3.95. The zero-order valence-corrected chi connectivity index (χ0v) is 20.2. The molecule has 0 saturated heterocycles. The molecule has 0 spiro atoms. The number of benzene rings is 2. The molecule has 198 valence electrons. The number of carbonyl (C=O) groups excluding carboxylic acids is 1. The first-order valence-corrected chi connectivity index (χ1v) is 11.5. The number of anilines is 2. The van der Waals surface area contributed by atoms with E-state index in [1.807, 2.05) is 43.3 Å². The van der Waals surface area contributed by atoms with E-state index in [1.165, 1.54) is 24.3 Å². The van der Waals surface area contributed by atoms with E-state index < -0.39 is 12.1 Å². The zero-order chi connectivity index (χ0) is 27.2. The minimum atomic E-state index is -5.08. The van der Waals surface area contributed by atoms with E-state index in [1.54, 1.807) is 0 Å². The summed E-state index contributed by atoms with van der Waals surface area (Å²) in [5.74, 6) is -1.31. The number of carboxylic acid groups (broad SMARTS) is 1. The highest BCUT2D eigenvalue weighted by atomic mass is 19.4. The number of hydrogen-bond acceptors (Lipinski definition) is 6. The number of amides is 1. The van der Waals surface area contributed by atoms with Gasteiger partial charge in [0.25, 0.3) is 5.91 Å². The zero-order valence-electron chi connectivity index (χ0n) is 20.2.